The Morgan fingerprint density at radius 3 is 2.62 bits per heavy atom. The van der Waals surface area contributed by atoms with Crippen molar-refractivity contribution in [2.75, 3.05) is 19.8 Å². The summed E-state index contributed by atoms with van der Waals surface area (Å²) >= 11 is 0. The first-order chi connectivity index (χ1) is 10.3. The Morgan fingerprint density at radius 1 is 1.00 bits per heavy atom. The third kappa shape index (κ3) is 3.03. The van der Waals surface area contributed by atoms with Gasteiger partial charge in [0.05, 0.1) is 0 Å². The number of benzene rings is 2. The summed E-state index contributed by atoms with van der Waals surface area (Å²) in [6.45, 7) is 7.39. The zero-order valence-corrected chi connectivity index (χ0v) is 12.6. The van der Waals surface area contributed by atoms with Gasteiger partial charge in [-0.25, -0.2) is 0 Å². The van der Waals surface area contributed by atoms with E-state index in [1.165, 1.54) is 22.3 Å². The monoisotopic (exact) mass is 283 g/mol. The highest BCUT2D eigenvalue weighted by molar-refractivity contribution is 5.71. The number of aryl methyl sites for hydroxylation is 1. The lowest BCUT2D eigenvalue weighted by Gasteiger charge is -2.19. The molecule has 3 rings (SSSR count). The molecular weight excluding hydrogens is 262 g/mol. The molecule has 1 aliphatic heterocycles. The van der Waals surface area contributed by atoms with Crippen LogP contribution in [0.15, 0.2) is 36.4 Å². The molecule has 0 unspecified atom stereocenters. The molecule has 0 aliphatic carbocycles. The van der Waals surface area contributed by atoms with Gasteiger partial charge in [-0.1, -0.05) is 25.1 Å². The van der Waals surface area contributed by atoms with E-state index in [9.17, 15) is 0 Å². The number of nitrogens with one attached hydrogen (secondary N) is 1. The first kappa shape index (κ1) is 14.0. The summed E-state index contributed by atoms with van der Waals surface area (Å²) in [6, 6.07) is 12.8. The minimum Gasteiger partial charge on any atom is -0.486 e. The van der Waals surface area contributed by atoms with Gasteiger partial charge >= 0.3 is 0 Å². The number of rotatable bonds is 4. The summed E-state index contributed by atoms with van der Waals surface area (Å²) in [5.41, 5.74) is 5.00. The van der Waals surface area contributed by atoms with Gasteiger partial charge in [-0.05, 0) is 53.9 Å². The van der Waals surface area contributed by atoms with Gasteiger partial charge in [-0.2, -0.15) is 0 Å². The van der Waals surface area contributed by atoms with Crippen molar-refractivity contribution < 1.29 is 9.47 Å². The molecule has 0 saturated carbocycles. The van der Waals surface area contributed by atoms with E-state index in [1.54, 1.807) is 0 Å². The van der Waals surface area contributed by atoms with Crippen LogP contribution in [-0.4, -0.2) is 19.8 Å². The number of hydrogen-bond acceptors (Lipinski definition) is 3. The number of fused-ring (bicyclic) bond motifs is 1. The summed E-state index contributed by atoms with van der Waals surface area (Å²) in [5.74, 6) is 1.68. The maximum atomic E-state index is 5.68. The number of hydrogen-bond donors (Lipinski definition) is 1. The maximum Gasteiger partial charge on any atom is 0.161 e. The molecule has 2 aromatic rings. The lowest BCUT2D eigenvalue weighted by Crippen LogP contribution is -2.15. The van der Waals surface area contributed by atoms with Crippen LogP contribution in [0.25, 0.3) is 11.1 Å². The van der Waals surface area contributed by atoms with Crippen LogP contribution in [0.5, 0.6) is 11.5 Å². The first-order valence-electron chi connectivity index (χ1n) is 7.48. The van der Waals surface area contributed by atoms with E-state index < -0.39 is 0 Å². The van der Waals surface area contributed by atoms with Crippen molar-refractivity contribution in [2.45, 2.75) is 20.4 Å². The molecule has 0 aromatic heterocycles. The Labute approximate surface area is 125 Å². The molecule has 0 saturated heterocycles. The molecule has 0 fully saturated rings. The van der Waals surface area contributed by atoms with E-state index in [1.807, 2.05) is 6.07 Å². The van der Waals surface area contributed by atoms with Crippen LogP contribution in [0.4, 0.5) is 0 Å². The predicted molar refractivity (Wildman–Crippen MR) is 85.0 cm³/mol. The zero-order valence-electron chi connectivity index (χ0n) is 12.6. The largest absolute Gasteiger partial charge is 0.486 e. The Morgan fingerprint density at radius 2 is 1.81 bits per heavy atom. The highest BCUT2D eigenvalue weighted by atomic mass is 16.6. The second kappa shape index (κ2) is 6.19. The molecule has 110 valence electrons. The minimum absolute atomic E-state index is 0.621. The van der Waals surface area contributed by atoms with Crippen molar-refractivity contribution in [1.29, 1.82) is 0 Å². The molecular formula is C18H21NO2. The summed E-state index contributed by atoms with van der Waals surface area (Å²) in [6.07, 6.45) is 0. The van der Waals surface area contributed by atoms with Crippen molar-refractivity contribution in [1.82, 2.24) is 5.32 Å². The molecule has 1 N–H and O–H groups in total. The second-order valence-electron chi connectivity index (χ2n) is 5.29. The van der Waals surface area contributed by atoms with Gasteiger partial charge in [0.2, 0.25) is 0 Å². The summed E-state index contributed by atoms with van der Waals surface area (Å²) < 4.78 is 11.3. The van der Waals surface area contributed by atoms with Crippen molar-refractivity contribution in [3.63, 3.8) is 0 Å². The Balaban J connectivity index is 1.95. The van der Waals surface area contributed by atoms with Crippen LogP contribution in [-0.2, 0) is 6.54 Å². The first-order valence-corrected chi connectivity index (χ1v) is 7.48. The van der Waals surface area contributed by atoms with E-state index in [0.29, 0.717) is 13.2 Å². The van der Waals surface area contributed by atoms with E-state index in [2.05, 4.69) is 49.5 Å². The van der Waals surface area contributed by atoms with E-state index >= 15 is 0 Å². The maximum absolute atomic E-state index is 5.68. The van der Waals surface area contributed by atoms with Gasteiger partial charge in [0, 0.05) is 6.54 Å². The Hall–Kier alpha value is -2.00. The van der Waals surface area contributed by atoms with Gasteiger partial charge < -0.3 is 14.8 Å². The average molecular weight is 283 g/mol. The Kier molecular flexibility index (Phi) is 4.11. The van der Waals surface area contributed by atoms with E-state index in [-0.39, 0.29) is 0 Å². The number of ether oxygens (including phenoxy) is 2. The third-order valence-corrected chi connectivity index (χ3v) is 3.73. The zero-order chi connectivity index (χ0) is 14.7. The Bertz CT molecular complexity index is 637. The molecule has 2 aromatic carbocycles. The quantitative estimate of drug-likeness (QED) is 0.931. The molecule has 0 amide bonds. The van der Waals surface area contributed by atoms with Gasteiger partial charge in [0.1, 0.15) is 13.2 Å². The average Bonchev–Trinajstić information content (AvgIpc) is 2.53. The molecule has 3 nitrogen and oxygen atoms in total. The molecule has 21 heavy (non-hydrogen) atoms. The van der Waals surface area contributed by atoms with Crippen molar-refractivity contribution in [2.24, 2.45) is 0 Å². The van der Waals surface area contributed by atoms with Crippen LogP contribution < -0.4 is 14.8 Å². The fourth-order valence-electron chi connectivity index (χ4n) is 2.57. The molecule has 1 aliphatic rings. The SMILES string of the molecule is CCNCc1ccc(C)c(-c2ccc3c(c2)OCCO3)c1. The van der Waals surface area contributed by atoms with Crippen molar-refractivity contribution in [3.05, 3.63) is 47.5 Å². The van der Waals surface area contributed by atoms with Crippen molar-refractivity contribution in [3.8, 4) is 22.6 Å². The van der Waals surface area contributed by atoms with Crippen LogP contribution in [0.3, 0.4) is 0 Å². The summed E-state index contributed by atoms with van der Waals surface area (Å²) in [5, 5.41) is 3.37. The van der Waals surface area contributed by atoms with Crippen LogP contribution in [0.2, 0.25) is 0 Å². The third-order valence-electron chi connectivity index (χ3n) is 3.73. The highest BCUT2D eigenvalue weighted by Crippen LogP contribution is 2.35. The fraction of sp³-hybridized carbons (Fsp3) is 0.333. The van der Waals surface area contributed by atoms with Crippen molar-refractivity contribution >= 4 is 0 Å². The van der Waals surface area contributed by atoms with Gasteiger partial charge in [0.15, 0.2) is 11.5 Å². The molecule has 0 atom stereocenters. The topological polar surface area (TPSA) is 30.5 Å². The predicted octanol–water partition coefficient (Wildman–Crippen LogP) is 3.54. The molecule has 3 heteroatoms. The minimum atomic E-state index is 0.621. The van der Waals surface area contributed by atoms with Gasteiger partial charge in [-0.3, -0.25) is 0 Å². The summed E-state index contributed by atoms with van der Waals surface area (Å²) in [4.78, 5) is 0. The lowest BCUT2D eigenvalue weighted by molar-refractivity contribution is 0.171. The normalized spacial score (nSPS) is 13.2. The standard InChI is InChI=1S/C18H21NO2/c1-3-19-12-14-5-4-13(2)16(10-14)15-6-7-17-18(11-15)21-9-8-20-17/h4-7,10-11,19H,3,8-9,12H2,1-2H3. The molecule has 0 bridgehead atoms. The van der Waals surface area contributed by atoms with Gasteiger partial charge in [0.25, 0.3) is 0 Å². The van der Waals surface area contributed by atoms with Crippen LogP contribution in [0.1, 0.15) is 18.1 Å². The molecule has 1 heterocycles. The second-order valence-corrected chi connectivity index (χ2v) is 5.29. The van der Waals surface area contributed by atoms with E-state index in [4.69, 9.17) is 9.47 Å². The van der Waals surface area contributed by atoms with Crippen LogP contribution >= 0.6 is 0 Å². The van der Waals surface area contributed by atoms with Crippen LogP contribution in [0, 0.1) is 6.92 Å². The highest BCUT2D eigenvalue weighted by Gasteiger charge is 2.13. The molecule has 0 radical (unpaired) electrons. The summed E-state index contributed by atoms with van der Waals surface area (Å²) in [7, 11) is 0. The smallest absolute Gasteiger partial charge is 0.161 e. The molecule has 0 spiro atoms. The lowest BCUT2D eigenvalue weighted by atomic mass is 9.97. The van der Waals surface area contributed by atoms with E-state index in [0.717, 1.165) is 24.6 Å². The van der Waals surface area contributed by atoms with Gasteiger partial charge in [-0.15, -0.1) is 0 Å². The fourth-order valence-corrected chi connectivity index (χ4v) is 2.57.